The minimum absolute atomic E-state index is 0.777. The first-order valence-corrected chi connectivity index (χ1v) is 12.3. The van der Waals surface area contributed by atoms with Crippen LogP contribution in [0.2, 0.25) is 0 Å². The smallest absolute Gasteiger partial charge is 0.0130 e. The van der Waals surface area contributed by atoms with Crippen LogP contribution in [0.15, 0.2) is 61.2 Å². The van der Waals surface area contributed by atoms with Gasteiger partial charge in [-0.15, -0.1) is 6.58 Å². The molecule has 0 saturated heterocycles. The molecule has 0 N–H and O–H groups in total. The van der Waals surface area contributed by atoms with Gasteiger partial charge in [0.2, 0.25) is 0 Å². The van der Waals surface area contributed by atoms with E-state index in [2.05, 4.69) is 83.8 Å². The van der Waals surface area contributed by atoms with Crippen LogP contribution in [0.3, 0.4) is 0 Å². The maximum Gasteiger partial charge on any atom is 0.0130 e. The average Bonchev–Trinajstić information content (AvgIpc) is 2.75. The predicted molar refractivity (Wildman–Crippen MR) is 130 cm³/mol. The molecule has 2 saturated carbocycles. The molecule has 0 spiro atoms. The largest absolute Gasteiger partial charge is 0.103 e. The molecule has 2 aliphatic carbocycles. The van der Waals surface area contributed by atoms with Crippen molar-refractivity contribution in [2.45, 2.75) is 63.7 Å². The molecule has 0 unspecified atom stereocenters. The van der Waals surface area contributed by atoms with Crippen molar-refractivity contribution in [2.24, 2.45) is 17.8 Å². The van der Waals surface area contributed by atoms with Crippen molar-refractivity contribution in [3.05, 3.63) is 70.3 Å². The Balaban J connectivity index is 1.30. The summed E-state index contributed by atoms with van der Waals surface area (Å²) in [7, 11) is 0. The van der Waals surface area contributed by atoms with E-state index in [1.165, 1.54) is 72.5 Å². The van der Waals surface area contributed by atoms with Gasteiger partial charge in [-0.2, -0.15) is 0 Å². The van der Waals surface area contributed by atoms with E-state index in [0.717, 1.165) is 23.7 Å². The third kappa shape index (κ3) is 4.90. The number of hydrogen-bond acceptors (Lipinski definition) is 0. The Labute approximate surface area is 185 Å². The highest BCUT2D eigenvalue weighted by atomic mass is 127. The fraction of sp³-hybridized carbons (Fsp3) is 0.481. The van der Waals surface area contributed by atoms with Gasteiger partial charge in [-0.1, -0.05) is 42.5 Å². The standard InChI is InChI=1S/C27H33I/c1-2-3-20-4-6-21(7-5-20)22-8-10-23(11-9-22)24-12-14-25(15-13-24)26-16-18-27(28)19-17-26/h2,12-23H,1,3-11H2/t20-,21-,22?,23?. The van der Waals surface area contributed by atoms with E-state index in [4.69, 9.17) is 0 Å². The zero-order chi connectivity index (χ0) is 19.3. The van der Waals surface area contributed by atoms with Gasteiger partial charge in [0.15, 0.2) is 0 Å². The molecule has 2 aromatic rings. The van der Waals surface area contributed by atoms with Crippen LogP contribution >= 0.6 is 22.6 Å². The van der Waals surface area contributed by atoms with Crippen LogP contribution in [-0.4, -0.2) is 0 Å². The molecule has 0 atom stereocenters. The van der Waals surface area contributed by atoms with Crippen LogP contribution in [0.5, 0.6) is 0 Å². The number of halogens is 1. The lowest BCUT2D eigenvalue weighted by atomic mass is 9.68. The summed E-state index contributed by atoms with van der Waals surface area (Å²) in [5, 5.41) is 0. The van der Waals surface area contributed by atoms with Gasteiger partial charge in [0.25, 0.3) is 0 Å². The first kappa shape index (κ1) is 20.2. The van der Waals surface area contributed by atoms with Crippen molar-refractivity contribution in [3.8, 4) is 11.1 Å². The Bertz CT molecular complexity index is 742. The second-order valence-electron chi connectivity index (χ2n) is 9.05. The molecule has 0 bridgehead atoms. The van der Waals surface area contributed by atoms with Crippen LogP contribution in [0.1, 0.15) is 69.3 Å². The van der Waals surface area contributed by atoms with Crippen molar-refractivity contribution in [2.75, 3.05) is 0 Å². The van der Waals surface area contributed by atoms with Crippen LogP contribution in [0.25, 0.3) is 11.1 Å². The summed E-state index contributed by atoms with van der Waals surface area (Å²) in [4.78, 5) is 0. The van der Waals surface area contributed by atoms with E-state index in [0.29, 0.717) is 0 Å². The Kier molecular flexibility index (Phi) is 6.93. The van der Waals surface area contributed by atoms with Gasteiger partial charge >= 0.3 is 0 Å². The molecule has 2 aliphatic rings. The highest BCUT2D eigenvalue weighted by Gasteiger charge is 2.30. The third-order valence-electron chi connectivity index (χ3n) is 7.39. The number of hydrogen-bond donors (Lipinski definition) is 0. The molecule has 28 heavy (non-hydrogen) atoms. The monoisotopic (exact) mass is 484 g/mol. The normalized spacial score (nSPS) is 28.0. The molecule has 148 valence electrons. The van der Waals surface area contributed by atoms with Gasteiger partial charge in [-0.25, -0.2) is 0 Å². The number of rotatable bonds is 5. The second kappa shape index (κ2) is 9.61. The average molecular weight is 484 g/mol. The van der Waals surface area contributed by atoms with E-state index in [9.17, 15) is 0 Å². The summed E-state index contributed by atoms with van der Waals surface area (Å²) in [5.74, 6) is 3.70. The lowest BCUT2D eigenvalue weighted by Crippen LogP contribution is -2.25. The fourth-order valence-electron chi connectivity index (χ4n) is 5.65. The molecule has 1 heteroatoms. The lowest BCUT2D eigenvalue weighted by molar-refractivity contribution is 0.161. The lowest BCUT2D eigenvalue weighted by Gasteiger charge is -2.38. The van der Waals surface area contributed by atoms with E-state index < -0.39 is 0 Å². The maximum absolute atomic E-state index is 3.93. The molecule has 0 radical (unpaired) electrons. The fourth-order valence-corrected chi connectivity index (χ4v) is 6.00. The third-order valence-corrected chi connectivity index (χ3v) is 8.11. The molecule has 0 heterocycles. The van der Waals surface area contributed by atoms with Gasteiger partial charge in [0, 0.05) is 3.57 Å². The zero-order valence-electron chi connectivity index (χ0n) is 17.0. The van der Waals surface area contributed by atoms with Gasteiger partial charge in [0.05, 0.1) is 0 Å². The van der Waals surface area contributed by atoms with E-state index in [-0.39, 0.29) is 0 Å². The first-order valence-electron chi connectivity index (χ1n) is 11.2. The molecule has 0 aromatic heterocycles. The minimum Gasteiger partial charge on any atom is -0.103 e. The molecule has 0 amide bonds. The molecular formula is C27H33I. The van der Waals surface area contributed by atoms with Crippen molar-refractivity contribution in [1.82, 2.24) is 0 Å². The second-order valence-corrected chi connectivity index (χ2v) is 10.3. The Hall–Kier alpha value is -1.09. The molecule has 2 fully saturated rings. The van der Waals surface area contributed by atoms with Crippen molar-refractivity contribution in [1.29, 1.82) is 0 Å². The topological polar surface area (TPSA) is 0 Å². The van der Waals surface area contributed by atoms with Crippen LogP contribution in [-0.2, 0) is 0 Å². The quantitative estimate of drug-likeness (QED) is 0.294. The summed E-state index contributed by atoms with van der Waals surface area (Å²) >= 11 is 2.37. The summed E-state index contributed by atoms with van der Waals surface area (Å²) in [5.41, 5.74) is 4.22. The van der Waals surface area contributed by atoms with Gasteiger partial charge in [-0.05, 0) is 133 Å². The SMILES string of the molecule is C=CC[C@H]1CC[C@H](C2CCC(c3ccc(-c4ccc(I)cc4)cc3)CC2)CC1. The van der Waals surface area contributed by atoms with Gasteiger partial charge in [0.1, 0.15) is 0 Å². The summed E-state index contributed by atoms with van der Waals surface area (Å²) < 4.78 is 1.30. The number of benzene rings is 2. The van der Waals surface area contributed by atoms with Crippen molar-refractivity contribution >= 4 is 22.6 Å². The maximum atomic E-state index is 3.93. The minimum atomic E-state index is 0.777. The molecule has 0 nitrogen and oxygen atoms in total. The van der Waals surface area contributed by atoms with Gasteiger partial charge in [-0.3, -0.25) is 0 Å². The Morgan fingerprint density at radius 3 is 1.75 bits per heavy atom. The van der Waals surface area contributed by atoms with Crippen LogP contribution in [0.4, 0.5) is 0 Å². The van der Waals surface area contributed by atoms with E-state index >= 15 is 0 Å². The Morgan fingerprint density at radius 1 is 0.714 bits per heavy atom. The highest BCUT2D eigenvalue weighted by molar-refractivity contribution is 14.1. The van der Waals surface area contributed by atoms with Crippen molar-refractivity contribution in [3.63, 3.8) is 0 Å². The highest BCUT2D eigenvalue weighted by Crippen LogP contribution is 2.44. The molecule has 4 rings (SSSR count). The zero-order valence-corrected chi connectivity index (χ0v) is 19.1. The summed E-state index contributed by atoms with van der Waals surface area (Å²) in [6.07, 6.45) is 14.9. The summed E-state index contributed by atoms with van der Waals surface area (Å²) in [6.45, 7) is 3.93. The Morgan fingerprint density at radius 2 is 1.21 bits per heavy atom. The van der Waals surface area contributed by atoms with E-state index in [1.54, 1.807) is 5.56 Å². The van der Waals surface area contributed by atoms with Crippen LogP contribution < -0.4 is 0 Å². The molecule has 0 aliphatic heterocycles. The van der Waals surface area contributed by atoms with Crippen LogP contribution in [0, 0.1) is 21.3 Å². The summed E-state index contributed by atoms with van der Waals surface area (Å²) in [6, 6.07) is 18.3. The van der Waals surface area contributed by atoms with E-state index in [1.807, 2.05) is 0 Å². The van der Waals surface area contributed by atoms with Gasteiger partial charge < -0.3 is 0 Å². The predicted octanol–water partition coefficient (Wildman–Crippen LogP) is 8.61. The first-order chi connectivity index (χ1) is 13.7. The molecule has 2 aromatic carbocycles. The van der Waals surface area contributed by atoms with Crippen molar-refractivity contribution < 1.29 is 0 Å². The molecular weight excluding hydrogens is 451 g/mol. The number of allylic oxidation sites excluding steroid dienone is 1.